The fraction of sp³-hybridized carbons (Fsp3) is 1.00. The van der Waals surface area contributed by atoms with Gasteiger partial charge in [-0.05, 0) is 75.5 Å². The highest BCUT2D eigenvalue weighted by Gasteiger charge is 2.36. The van der Waals surface area contributed by atoms with E-state index in [2.05, 4.69) is 6.92 Å². The van der Waals surface area contributed by atoms with Crippen molar-refractivity contribution in [1.82, 2.24) is 0 Å². The van der Waals surface area contributed by atoms with Crippen molar-refractivity contribution in [2.75, 3.05) is 6.61 Å². The van der Waals surface area contributed by atoms with Gasteiger partial charge in [0.05, 0.1) is 6.10 Å². The van der Waals surface area contributed by atoms with Crippen LogP contribution in [0.15, 0.2) is 0 Å². The molecule has 4 heteroatoms. The molecule has 1 nitrogen and oxygen atoms in total. The number of rotatable bonds is 6. The zero-order valence-electron chi connectivity index (χ0n) is 13.8. The van der Waals surface area contributed by atoms with Gasteiger partial charge in [-0.15, -0.1) is 0 Å². The van der Waals surface area contributed by atoms with Crippen molar-refractivity contribution in [3.05, 3.63) is 0 Å². The van der Waals surface area contributed by atoms with Crippen LogP contribution in [-0.4, -0.2) is 18.9 Å². The molecule has 0 aromatic rings. The second-order valence-corrected chi connectivity index (χ2v) is 7.36. The van der Waals surface area contributed by atoms with Gasteiger partial charge in [-0.2, -0.15) is 13.2 Å². The van der Waals surface area contributed by atoms with Crippen LogP contribution >= 0.6 is 0 Å². The summed E-state index contributed by atoms with van der Waals surface area (Å²) < 4.78 is 43.3. The molecule has 0 saturated heterocycles. The van der Waals surface area contributed by atoms with Crippen molar-refractivity contribution >= 4 is 0 Å². The van der Waals surface area contributed by atoms with Crippen LogP contribution in [-0.2, 0) is 4.74 Å². The van der Waals surface area contributed by atoms with Gasteiger partial charge in [0, 0.05) is 13.0 Å². The summed E-state index contributed by atoms with van der Waals surface area (Å²) in [6.07, 6.45) is 6.49. The van der Waals surface area contributed by atoms with E-state index >= 15 is 0 Å². The summed E-state index contributed by atoms with van der Waals surface area (Å²) in [7, 11) is 0. The van der Waals surface area contributed by atoms with Crippen LogP contribution < -0.4 is 0 Å². The first-order chi connectivity index (χ1) is 10.5. The van der Waals surface area contributed by atoms with Gasteiger partial charge >= 0.3 is 6.18 Å². The Morgan fingerprint density at radius 3 is 1.91 bits per heavy atom. The summed E-state index contributed by atoms with van der Waals surface area (Å²) in [6, 6.07) is 0. The molecule has 2 fully saturated rings. The molecule has 0 aromatic carbocycles. The third-order valence-corrected chi connectivity index (χ3v) is 5.65. The topological polar surface area (TPSA) is 9.23 Å². The highest BCUT2D eigenvalue weighted by Crippen LogP contribution is 2.42. The molecule has 2 aliphatic rings. The Morgan fingerprint density at radius 2 is 1.41 bits per heavy atom. The molecule has 22 heavy (non-hydrogen) atoms. The van der Waals surface area contributed by atoms with E-state index in [-0.39, 0.29) is 5.92 Å². The summed E-state index contributed by atoms with van der Waals surface area (Å²) in [5, 5.41) is 0. The molecular weight excluding hydrogens is 289 g/mol. The minimum Gasteiger partial charge on any atom is -0.378 e. The maximum absolute atomic E-state index is 12.4. The Labute approximate surface area is 133 Å². The normalized spacial score (nSPS) is 33.8. The van der Waals surface area contributed by atoms with Gasteiger partial charge in [-0.3, -0.25) is 0 Å². The van der Waals surface area contributed by atoms with E-state index in [9.17, 15) is 13.2 Å². The molecule has 0 bridgehead atoms. The number of unbranched alkanes of at least 4 members (excludes halogenated alkanes) is 1. The lowest BCUT2D eigenvalue weighted by atomic mass is 9.70. The molecule has 0 amide bonds. The van der Waals surface area contributed by atoms with Crippen molar-refractivity contribution in [1.29, 1.82) is 0 Å². The predicted molar refractivity (Wildman–Crippen MR) is 82.7 cm³/mol. The lowest BCUT2D eigenvalue weighted by Gasteiger charge is -2.38. The molecule has 2 rings (SSSR count). The average Bonchev–Trinajstić information content (AvgIpc) is 2.48. The first kappa shape index (κ1) is 18.1. The Bertz CT molecular complexity index is 300. The predicted octanol–water partition coefficient (Wildman–Crippen LogP) is 6.12. The maximum atomic E-state index is 12.4. The second-order valence-electron chi connectivity index (χ2n) is 7.36. The molecule has 0 heterocycles. The minimum absolute atomic E-state index is 0.120. The fourth-order valence-electron chi connectivity index (χ4n) is 4.31. The van der Waals surface area contributed by atoms with Gasteiger partial charge in [-0.25, -0.2) is 0 Å². The van der Waals surface area contributed by atoms with Crippen molar-refractivity contribution in [3.63, 3.8) is 0 Å². The highest BCUT2D eigenvalue weighted by molar-refractivity contribution is 4.83. The summed E-state index contributed by atoms with van der Waals surface area (Å²) in [5.41, 5.74) is 0. The van der Waals surface area contributed by atoms with Crippen molar-refractivity contribution in [3.8, 4) is 0 Å². The molecule has 0 atom stereocenters. The monoisotopic (exact) mass is 320 g/mol. The molecule has 2 aliphatic carbocycles. The van der Waals surface area contributed by atoms with Crippen molar-refractivity contribution < 1.29 is 17.9 Å². The van der Waals surface area contributed by atoms with E-state index in [1.807, 2.05) is 0 Å². The number of halogens is 3. The molecule has 0 aromatic heterocycles. The van der Waals surface area contributed by atoms with Crippen molar-refractivity contribution in [2.24, 2.45) is 17.8 Å². The summed E-state index contributed by atoms with van der Waals surface area (Å²) in [6.45, 7) is 3.06. The van der Waals surface area contributed by atoms with Crippen LogP contribution in [0.3, 0.4) is 0 Å². The van der Waals surface area contributed by atoms with E-state index in [4.69, 9.17) is 4.74 Å². The molecular formula is C18H31F3O. The third kappa shape index (κ3) is 6.10. The number of ether oxygens (including phenoxy) is 1. The molecule has 2 saturated carbocycles. The van der Waals surface area contributed by atoms with Crippen LogP contribution in [0.25, 0.3) is 0 Å². The lowest BCUT2D eigenvalue weighted by Crippen LogP contribution is -2.29. The maximum Gasteiger partial charge on any atom is 0.389 e. The van der Waals surface area contributed by atoms with E-state index in [0.29, 0.717) is 12.0 Å². The number of hydrogen-bond donors (Lipinski definition) is 0. The van der Waals surface area contributed by atoms with E-state index in [0.717, 1.165) is 57.5 Å². The Kier molecular flexibility index (Phi) is 7.04. The van der Waals surface area contributed by atoms with Crippen molar-refractivity contribution in [2.45, 2.75) is 89.8 Å². The van der Waals surface area contributed by atoms with Crippen LogP contribution in [0.5, 0.6) is 0 Å². The summed E-state index contributed by atoms with van der Waals surface area (Å²) >= 11 is 0. The van der Waals surface area contributed by atoms with Crippen LogP contribution in [0.2, 0.25) is 0 Å². The SMILES string of the molecule is CCCCO[C@H]1CC[C@H]([C@H]2CC[C@H](CC(F)(F)F)CC2)CC1. The van der Waals surface area contributed by atoms with Crippen LogP contribution in [0, 0.1) is 17.8 Å². The lowest BCUT2D eigenvalue weighted by molar-refractivity contribution is -0.147. The number of alkyl halides is 3. The van der Waals surface area contributed by atoms with Gasteiger partial charge in [0.25, 0.3) is 0 Å². The zero-order chi connectivity index (χ0) is 16.0. The zero-order valence-corrected chi connectivity index (χ0v) is 13.8. The quantitative estimate of drug-likeness (QED) is 0.536. The summed E-state index contributed by atoms with van der Waals surface area (Å²) in [5.74, 6) is 1.28. The summed E-state index contributed by atoms with van der Waals surface area (Å²) in [4.78, 5) is 0. The highest BCUT2D eigenvalue weighted by atomic mass is 19.4. The molecule has 0 unspecified atom stereocenters. The largest absolute Gasteiger partial charge is 0.389 e. The van der Waals surface area contributed by atoms with Gasteiger partial charge in [-0.1, -0.05) is 13.3 Å². The van der Waals surface area contributed by atoms with E-state index < -0.39 is 12.6 Å². The molecule has 0 aliphatic heterocycles. The fourth-order valence-corrected chi connectivity index (χ4v) is 4.31. The standard InChI is InChI=1S/C18H31F3O/c1-2-3-12-22-17-10-8-16(9-11-17)15-6-4-14(5-7-15)13-18(19,20)21/h14-17H,2-13H2,1H3/t14-,15-,16-,17-. The minimum atomic E-state index is -3.98. The Morgan fingerprint density at radius 1 is 0.864 bits per heavy atom. The van der Waals surface area contributed by atoms with Crippen LogP contribution in [0.4, 0.5) is 13.2 Å². The number of hydrogen-bond acceptors (Lipinski definition) is 1. The van der Waals surface area contributed by atoms with Gasteiger partial charge in [0.1, 0.15) is 0 Å². The molecule has 0 N–H and O–H groups in total. The van der Waals surface area contributed by atoms with Gasteiger partial charge < -0.3 is 4.74 Å². The molecule has 0 radical (unpaired) electrons. The first-order valence-electron chi connectivity index (χ1n) is 9.16. The van der Waals surface area contributed by atoms with E-state index in [1.54, 1.807) is 0 Å². The first-order valence-corrected chi connectivity index (χ1v) is 9.16. The second kappa shape index (κ2) is 8.56. The molecule has 130 valence electrons. The average molecular weight is 320 g/mol. The van der Waals surface area contributed by atoms with Crippen LogP contribution in [0.1, 0.15) is 77.6 Å². The van der Waals surface area contributed by atoms with Gasteiger partial charge in [0.2, 0.25) is 0 Å². The smallest absolute Gasteiger partial charge is 0.378 e. The Balaban J connectivity index is 1.64. The van der Waals surface area contributed by atoms with Gasteiger partial charge in [0.15, 0.2) is 0 Å². The van der Waals surface area contributed by atoms with E-state index in [1.165, 1.54) is 19.3 Å². The molecule has 0 spiro atoms. The Hall–Kier alpha value is -0.250. The third-order valence-electron chi connectivity index (χ3n) is 5.65.